The second-order valence-corrected chi connectivity index (χ2v) is 17.0. The largest absolute Gasteiger partial charge is 0.411 e. The van der Waals surface area contributed by atoms with Gasteiger partial charge in [-0.15, -0.1) is 0 Å². The van der Waals surface area contributed by atoms with Crippen LogP contribution in [-0.4, -0.2) is 25.6 Å². The van der Waals surface area contributed by atoms with Crippen molar-refractivity contribution in [3.8, 4) is 0 Å². The highest BCUT2D eigenvalue weighted by Crippen LogP contribution is 2.79. The first kappa shape index (κ1) is 17.5. The zero-order valence-corrected chi connectivity index (χ0v) is 18.4. The van der Waals surface area contributed by atoms with Gasteiger partial charge in [0.1, 0.15) is 11.2 Å². The van der Waals surface area contributed by atoms with Crippen molar-refractivity contribution < 1.29 is 9.16 Å². The van der Waals surface area contributed by atoms with E-state index < -0.39 is 8.32 Å². The minimum Gasteiger partial charge on any atom is -0.411 e. The third-order valence-electron chi connectivity index (χ3n) is 8.86. The van der Waals surface area contributed by atoms with Gasteiger partial charge in [0.25, 0.3) is 0 Å². The van der Waals surface area contributed by atoms with Gasteiger partial charge < -0.3 is 9.16 Å². The zero-order valence-electron chi connectivity index (χ0n) is 17.4. The predicted octanol–water partition coefficient (Wildman–Crippen LogP) is 5.77. The Balaban J connectivity index is 1.65. The maximum absolute atomic E-state index is 6.94. The Morgan fingerprint density at radius 3 is 2.25 bits per heavy atom. The van der Waals surface area contributed by atoms with Crippen molar-refractivity contribution in [1.82, 2.24) is 0 Å². The molecule has 3 heteroatoms. The quantitative estimate of drug-likeness (QED) is 0.466. The summed E-state index contributed by atoms with van der Waals surface area (Å²) in [6, 6.07) is 0. The van der Waals surface area contributed by atoms with Gasteiger partial charge in [0.15, 0.2) is 8.32 Å². The second-order valence-electron chi connectivity index (χ2n) is 12.2. The van der Waals surface area contributed by atoms with E-state index in [9.17, 15) is 0 Å². The lowest BCUT2D eigenvalue weighted by atomic mass is 9.73. The Bertz CT molecular complexity index is 577. The molecule has 4 fully saturated rings. The monoisotopic (exact) mass is 350 g/mol. The maximum Gasteiger partial charge on any atom is 0.192 e. The summed E-state index contributed by atoms with van der Waals surface area (Å²) in [5.41, 5.74) is 0.979. The Morgan fingerprint density at radius 1 is 1.04 bits per heavy atom. The first-order chi connectivity index (χ1) is 10.7. The van der Waals surface area contributed by atoms with E-state index in [1.165, 1.54) is 25.7 Å². The highest BCUT2D eigenvalue weighted by molar-refractivity contribution is 6.74. The Hall–Kier alpha value is 0.137. The maximum atomic E-state index is 6.94. The number of hydrogen-bond acceptors (Lipinski definition) is 2. The first-order valence-electron chi connectivity index (χ1n) is 10.0. The van der Waals surface area contributed by atoms with Crippen molar-refractivity contribution in [3.63, 3.8) is 0 Å². The summed E-state index contributed by atoms with van der Waals surface area (Å²) in [6.07, 6.45) is 5.55. The normalized spacial score (nSPS) is 52.1. The molecule has 6 atom stereocenters. The van der Waals surface area contributed by atoms with Gasteiger partial charge >= 0.3 is 0 Å². The molecule has 1 spiro atoms. The van der Waals surface area contributed by atoms with Gasteiger partial charge in [-0.05, 0) is 73.4 Å². The molecule has 3 saturated carbocycles. The molecular formula is C21H38O2Si. The summed E-state index contributed by atoms with van der Waals surface area (Å²) in [5, 5.41) is 0.265. The van der Waals surface area contributed by atoms with Crippen LogP contribution in [0.15, 0.2) is 0 Å². The van der Waals surface area contributed by atoms with Gasteiger partial charge in [0.2, 0.25) is 0 Å². The van der Waals surface area contributed by atoms with Crippen LogP contribution in [0.25, 0.3) is 0 Å². The van der Waals surface area contributed by atoms with Gasteiger partial charge in [-0.25, -0.2) is 0 Å². The molecule has 138 valence electrons. The molecule has 0 radical (unpaired) electrons. The molecule has 1 heterocycles. The van der Waals surface area contributed by atoms with Crippen LogP contribution in [0, 0.1) is 22.7 Å². The SMILES string of the molecule is CC1(C)CC2C[C@@]2(C)[C@@H]2C[C@H](O[Si](C)(C)C(C)(C)C)[C@]3(C)O[C@]23C1. The second kappa shape index (κ2) is 4.34. The molecule has 1 aliphatic heterocycles. The molecule has 1 unspecified atom stereocenters. The molecule has 4 aliphatic rings. The summed E-state index contributed by atoms with van der Waals surface area (Å²) in [4.78, 5) is 0. The van der Waals surface area contributed by atoms with Gasteiger partial charge in [-0.3, -0.25) is 0 Å². The van der Waals surface area contributed by atoms with Crippen molar-refractivity contribution in [3.05, 3.63) is 0 Å². The fraction of sp³-hybridized carbons (Fsp3) is 1.00. The number of rotatable bonds is 2. The molecule has 0 N–H and O–H groups in total. The molecule has 3 aliphatic carbocycles. The molecule has 2 nitrogen and oxygen atoms in total. The third kappa shape index (κ3) is 2.07. The topological polar surface area (TPSA) is 21.8 Å². The average Bonchev–Trinajstić information content (AvgIpc) is 3.15. The summed E-state index contributed by atoms with van der Waals surface area (Å²) in [5.74, 6) is 1.62. The van der Waals surface area contributed by atoms with E-state index in [1.807, 2.05) is 0 Å². The Kier molecular flexibility index (Phi) is 3.17. The van der Waals surface area contributed by atoms with Crippen LogP contribution in [0.5, 0.6) is 0 Å². The number of ether oxygens (including phenoxy) is 1. The van der Waals surface area contributed by atoms with Gasteiger partial charge in [-0.2, -0.15) is 0 Å². The smallest absolute Gasteiger partial charge is 0.192 e. The van der Waals surface area contributed by atoms with Crippen LogP contribution in [0.3, 0.4) is 0 Å². The molecule has 24 heavy (non-hydrogen) atoms. The third-order valence-corrected chi connectivity index (χ3v) is 13.3. The van der Waals surface area contributed by atoms with Crippen molar-refractivity contribution in [2.45, 2.75) is 110 Å². The molecule has 4 rings (SSSR count). The summed E-state index contributed by atoms with van der Waals surface area (Å²) >= 11 is 0. The Morgan fingerprint density at radius 2 is 1.67 bits per heavy atom. The minimum atomic E-state index is -1.76. The molecule has 0 aromatic rings. The minimum absolute atomic E-state index is 0.0368. The highest BCUT2D eigenvalue weighted by atomic mass is 28.4. The van der Waals surface area contributed by atoms with Crippen LogP contribution in [-0.2, 0) is 9.16 Å². The molecule has 0 aromatic heterocycles. The number of hydrogen-bond donors (Lipinski definition) is 0. The number of epoxide rings is 1. The average molecular weight is 351 g/mol. The van der Waals surface area contributed by atoms with Crippen molar-refractivity contribution in [1.29, 1.82) is 0 Å². The molecular weight excluding hydrogens is 312 g/mol. The van der Waals surface area contributed by atoms with Crippen molar-refractivity contribution in [2.24, 2.45) is 22.7 Å². The summed E-state index contributed by atoms with van der Waals surface area (Å²) in [7, 11) is -1.76. The zero-order chi connectivity index (χ0) is 18.0. The van der Waals surface area contributed by atoms with Crippen LogP contribution >= 0.6 is 0 Å². The van der Waals surface area contributed by atoms with Gasteiger partial charge in [0, 0.05) is 0 Å². The Labute approximate surface area is 150 Å². The summed E-state index contributed by atoms with van der Waals surface area (Å²) < 4.78 is 13.6. The fourth-order valence-electron chi connectivity index (χ4n) is 6.22. The molecule has 0 aromatic carbocycles. The molecule has 1 saturated heterocycles. The van der Waals surface area contributed by atoms with Gasteiger partial charge in [-0.1, -0.05) is 41.5 Å². The van der Waals surface area contributed by atoms with Crippen molar-refractivity contribution >= 4 is 8.32 Å². The van der Waals surface area contributed by atoms with E-state index in [4.69, 9.17) is 9.16 Å². The lowest BCUT2D eigenvalue weighted by molar-refractivity contribution is 0.0360. The summed E-state index contributed by atoms with van der Waals surface area (Å²) in [6.45, 7) is 21.7. The number of fused-ring (bicyclic) bond motifs is 2. The van der Waals surface area contributed by atoms with E-state index in [-0.39, 0.29) is 16.2 Å². The van der Waals surface area contributed by atoms with E-state index in [0.29, 0.717) is 22.9 Å². The highest BCUT2D eigenvalue weighted by Gasteiger charge is 2.84. The van der Waals surface area contributed by atoms with Crippen LogP contribution in [0.2, 0.25) is 18.1 Å². The standard InChI is InChI=1S/C21H38O2Si/c1-17(2,3)24(8,9)22-16-10-15-19(6)12-14(19)11-18(4,5)13-21(15)20(16,7)23-21/h14-16H,10-13H2,1-9H3/t14?,15-,16-,19+,20-,21+/m0/s1. The first-order valence-corrected chi connectivity index (χ1v) is 13.0. The van der Waals surface area contributed by atoms with E-state index >= 15 is 0 Å². The molecule has 0 amide bonds. The predicted molar refractivity (Wildman–Crippen MR) is 102 cm³/mol. The lowest BCUT2D eigenvalue weighted by Gasteiger charge is -2.40. The van der Waals surface area contributed by atoms with E-state index in [1.54, 1.807) is 0 Å². The van der Waals surface area contributed by atoms with E-state index in [2.05, 4.69) is 61.6 Å². The van der Waals surface area contributed by atoms with Crippen LogP contribution < -0.4 is 0 Å². The van der Waals surface area contributed by atoms with Gasteiger partial charge in [0.05, 0.1) is 6.10 Å². The molecule has 0 bridgehead atoms. The lowest BCUT2D eigenvalue weighted by Crippen LogP contribution is -2.47. The fourth-order valence-corrected chi connectivity index (χ4v) is 7.61. The van der Waals surface area contributed by atoms with Crippen molar-refractivity contribution in [2.75, 3.05) is 0 Å². The van der Waals surface area contributed by atoms with Crippen LogP contribution in [0.4, 0.5) is 0 Å². The van der Waals surface area contributed by atoms with E-state index in [0.717, 1.165) is 5.92 Å². The van der Waals surface area contributed by atoms with Crippen LogP contribution in [0.1, 0.15) is 74.1 Å².